The molecule has 0 atom stereocenters. The van der Waals surface area contributed by atoms with Crippen molar-refractivity contribution < 1.29 is 0 Å². The van der Waals surface area contributed by atoms with Gasteiger partial charge in [0.25, 0.3) is 0 Å². The third-order valence-corrected chi connectivity index (χ3v) is 6.97. The van der Waals surface area contributed by atoms with Gasteiger partial charge in [0.15, 0.2) is 0 Å². The van der Waals surface area contributed by atoms with Gasteiger partial charge in [-0.15, -0.1) is 0 Å². The zero-order valence-electron chi connectivity index (χ0n) is 18.7. The van der Waals surface area contributed by atoms with Gasteiger partial charge in [0.05, 0.1) is 0 Å². The number of hydrogen-bond acceptors (Lipinski definition) is 0. The first-order valence-electron chi connectivity index (χ1n) is 11.8. The van der Waals surface area contributed by atoms with Crippen molar-refractivity contribution in [1.29, 1.82) is 0 Å². The highest BCUT2D eigenvalue weighted by molar-refractivity contribution is 6.14. The molecule has 0 heterocycles. The monoisotopic (exact) mass is 430 g/mol. The van der Waals surface area contributed by atoms with Gasteiger partial charge in [0.2, 0.25) is 0 Å². The topological polar surface area (TPSA) is 0 Å². The van der Waals surface area contributed by atoms with E-state index >= 15 is 0 Å². The Morgan fingerprint density at radius 1 is 0.324 bits per heavy atom. The molecule has 158 valence electrons. The zero-order chi connectivity index (χ0) is 22.5. The lowest BCUT2D eigenvalue weighted by atomic mass is 9.90. The molecule has 5 aliphatic rings. The molecular formula is C34H22. The Hall–Kier alpha value is -4.42. The molecule has 0 unspecified atom stereocenters. The van der Waals surface area contributed by atoms with Crippen molar-refractivity contribution in [2.45, 2.75) is 0 Å². The predicted octanol–water partition coefficient (Wildman–Crippen LogP) is 8.88. The van der Waals surface area contributed by atoms with Crippen LogP contribution in [0.2, 0.25) is 0 Å². The van der Waals surface area contributed by atoms with Crippen LogP contribution in [-0.2, 0) is 0 Å². The van der Waals surface area contributed by atoms with E-state index in [1.807, 2.05) is 0 Å². The van der Waals surface area contributed by atoms with E-state index in [2.05, 4.69) is 133 Å². The fourth-order valence-electron chi connectivity index (χ4n) is 5.46. The number of benzene rings is 2. The lowest BCUT2D eigenvalue weighted by Crippen LogP contribution is -1.91. The fourth-order valence-corrected chi connectivity index (χ4v) is 5.46. The van der Waals surface area contributed by atoms with E-state index in [4.69, 9.17) is 0 Å². The molecule has 0 aliphatic heterocycles. The van der Waals surface area contributed by atoms with Gasteiger partial charge in [-0.25, -0.2) is 0 Å². The lowest BCUT2D eigenvalue weighted by Gasteiger charge is -2.12. The highest BCUT2D eigenvalue weighted by atomic mass is 14.3. The third kappa shape index (κ3) is 2.93. The second-order valence-corrected chi connectivity index (χ2v) is 8.97. The van der Waals surface area contributed by atoms with E-state index in [1.54, 1.807) is 0 Å². The minimum Gasteiger partial charge on any atom is -0.0622 e. The molecular weight excluding hydrogens is 408 g/mol. The van der Waals surface area contributed by atoms with Crippen LogP contribution in [0.1, 0.15) is 22.3 Å². The van der Waals surface area contributed by atoms with E-state index in [9.17, 15) is 0 Å². The summed E-state index contributed by atoms with van der Waals surface area (Å²) in [7, 11) is 0. The minimum atomic E-state index is 1.26. The smallest absolute Gasteiger partial charge is 0.00143 e. The summed E-state index contributed by atoms with van der Waals surface area (Å²) in [5.41, 5.74) is 15.5. The molecule has 0 saturated heterocycles. The summed E-state index contributed by atoms with van der Waals surface area (Å²) in [6.07, 6.45) is 0. The summed E-state index contributed by atoms with van der Waals surface area (Å²) in [5, 5.41) is 0. The van der Waals surface area contributed by atoms with Gasteiger partial charge >= 0.3 is 0 Å². The Bertz CT molecular complexity index is 1470. The van der Waals surface area contributed by atoms with Crippen molar-refractivity contribution >= 4 is 11.1 Å². The van der Waals surface area contributed by atoms with Crippen molar-refractivity contribution in [2.75, 3.05) is 0 Å². The molecule has 0 radical (unpaired) electrons. The average Bonchev–Trinajstić information content (AvgIpc) is 3.44. The van der Waals surface area contributed by atoms with Gasteiger partial charge in [-0.3, -0.25) is 0 Å². The number of fused-ring (bicyclic) bond motifs is 5. The van der Waals surface area contributed by atoms with E-state index in [0.29, 0.717) is 0 Å². The molecule has 0 amide bonds. The Labute approximate surface area is 200 Å². The van der Waals surface area contributed by atoms with Crippen molar-refractivity contribution in [3.05, 3.63) is 156 Å². The average molecular weight is 431 g/mol. The van der Waals surface area contributed by atoms with Gasteiger partial charge in [-0.2, -0.15) is 0 Å². The summed E-state index contributed by atoms with van der Waals surface area (Å²) >= 11 is 0. The third-order valence-electron chi connectivity index (χ3n) is 6.97. The van der Waals surface area contributed by atoms with Crippen LogP contribution in [0.25, 0.3) is 44.5 Å². The second kappa shape index (κ2) is 7.57. The molecule has 7 rings (SSSR count). The molecule has 34 heavy (non-hydrogen) atoms. The quantitative estimate of drug-likeness (QED) is 0.257. The van der Waals surface area contributed by atoms with E-state index in [-0.39, 0.29) is 0 Å². The maximum atomic E-state index is 2.35. The van der Waals surface area contributed by atoms with Crippen LogP contribution >= 0.6 is 0 Å². The molecule has 0 saturated carbocycles. The van der Waals surface area contributed by atoms with Crippen LogP contribution in [-0.4, -0.2) is 0 Å². The number of rotatable bonds is 2. The highest BCUT2D eigenvalue weighted by Gasteiger charge is 2.28. The lowest BCUT2D eigenvalue weighted by molar-refractivity contribution is 1.62. The Morgan fingerprint density at radius 2 is 0.647 bits per heavy atom. The summed E-state index contributed by atoms with van der Waals surface area (Å²) in [6, 6.07) is 48.5. The molecule has 2 aromatic rings. The van der Waals surface area contributed by atoms with E-state index in [1.165, 1.54) is 66.8 Å². The fraction of sp³-hybridized carbons (Fsp3) is 0. The Balaban J connectivity index is 1.61. The van der Waals surface area contributed by atoms with Crippen LogP contribution in [0, 0.1) is 0 Å². The molecule has 0 spiro atoms. The Morgan fingerprint density at radius 3 is 1.03 bits per heavy atom. The molecule has 2 aromatic carbocycles. The van der Waals surface area contributed by atoms with Crippen LogP contribution < -0.4 is 0 Å². The van der Waals surface area contributed by atoms with Gasteiger partial charge in [-0.1, -0.05) is 109 Å². The van der Waals surface area contributed by atoms with Gasteiger partial charge in [0.1, 0.15) is 0 Å². The first kappa shape index (κ1) is 19.1. The highest BCUT2D eigenvalue weighted by Crippen LogP contribution is 2.50. The molecule has 5 aliphatic carbocycles. The Kier molecular flexibility index (Phi) is 4.25. The zero-order valence-corrected chi connectivity index (χ0v) is 18.7. The van der Waals surface area contributed by atoms with Gasteiger partial charge in [0, 0.05) is 0 Å². The first-order chi connectivity index (χ1) is 16.9. The van der Waals surface area contributed by atoms with Crippen LogP contribution in [0.3, 0.4) is 0 Å². The SMILES string of the molecule is c1ccc2cc(C(=C3c4ccccc4-c4ccccc43)c3cc4cccccc-4c3)cc-2cc1. The van der Waals surface area contributed by atoms with Crippen LogP contribution in [0.5, 0.6) is 0 Å². The normalized spacial score (nSPS) is 12.1. The molecule has 0 nitrogen and oxygen atoms in total. The van der Waals surface area contributed by atoms with Crippen molar-refractivity contribution in [3.8, 4) is 33.4 Å². The summed E-state index contributed by atoms with van der Waals surface area (Å²) < 4.78 is 0. The minimum absolute atomic E-state index is 1.26. The van der Waals surface area contributed by atoms with Crippen molar-refractivity contribution in [1.82, 2.24) is 0 Å². The number of hydrogen-bond donors (Lipinski definition) is 0. The maximum absolute atomic E-state index is 2.35. The van der Waals surface area contributed by atoms with Gasteiger partial charge in [-0.05, 0) is 91.0 Å². The summed E-state index contributed by atoms with van der Waals surface area (Å²) in [4.78, 5) is 0. The standard InChI is InChI=1S/C34H22/c1-3-11-23-19-27(20-24(23)12-4-1)33(28-21-25-13-5-2-6-14-26(25)22-28)34-31-17-9-7-15-29(31)30-16-8-10-18-32(30)34/h1-22H. The van der Waals surface area contributed by atoms with Crippen LogP contribution in [0.4, 0.5) is 0 Å². The van der Waals surface area contributed by atoms with Crippen molar-refractivity contribution in [3.63, 3.8) is 0 Å². The first-order valence-corrected chi connectivity index (χ1v) is 11.8. The van der Waals surface area contributed by atoms with Crippen LogP contribution in [0.15, 0.2) is 133 Å². The molecule has 0 aromatic heterocycles. The van der Waals surface area contributed by atoms with Crippen molar-refractivity contribution in [2.24, 2.45) is 0 Å². The van der Waals surface area contributed by atoms with E-state index < -0.39 is 0 Å². The molecule has 0 heteroatoms. The predicted molar refractivity (Wildman–Crippen MR) is 143 cm³/mol. The largest absolute Gasteiger partial charge is 0.0622 e. The summed E-state index contributed by atoms with van der Waals surface area (Å²) in [5.74, 6) is 0. The maximum Gasteiger partial charge on any atom is -0.00143 e. The molecule has 0 bridgehead atoms. The molecule has 0 fully saturated rings. The second-order valence-electron chi connectivity index (χ2n) is 8.97. The van der Waals surface area contributed by atoms with E-state index in [0.717, 1.165) is 0 Å². The molecule has 0 N–H and O–H groups in total. The summed E-state index contributed by atoms with van der Waals surface area (Å²) in [6.45, 7) is 0. The van der Waals surface area contributed by atoms with Gasteiger partial charge < -0.3 is 0 Å².